The molecule has 2 N–H and O–H groups in total. The van der Waals surface area contributed by atoms with Crippen LogP contribution >= 0.6 is 0 Å². The largest absolute Gasteiger partial charge is 0.476 e. The van der Waals surface area contributed by atoms with Gasteiger partial charge in [0.2, 0.25) is 24.1 Å². The molecule has 0 bridgehead atoms. The van der Waals surface area contributed by atoms with E-state index in [9.17, 15) is 18.7 Å². The maximum absolute atomic E-state index is 14.2. The minimum Gasteiger partial charge on any atom is -0.476 e. The number of nitrogens with one attached hydrogen (secondary N) is 1. The van der Waals surface area contributed by atoms with Gasteiger partial charge in [0.1, 0.15) is 6.73 Å². The molecule has 0 aromatic carbocycles. The number of rotatable bonds is 9. The Kier molecular flexibility index (Phi) is 5.80. The SMILES string of the molecule is CCOc1nc(NC=O)nc2c1ncn2CO[C@@](C)(F)[C@@H](F)C(C)O. The smallest absolute Gasteiger partial charge is 0.247 e. The maximum atomic E-state index is 14.2. The van der Waals surface area contributed by atoms with Crippen molar-refractivity contribution in [3.05, 3.63) is 6.33 Å². The van der Waals surface area contributed by atoms with Crippen LogP contribution < -0.4 is 10.1 Å². The normalized spacial score (nSPS) is 16.2. The van der Waals surface area contributed by atoms with Gasteiger partial charge in [0.15, 0.2) is 17.3 Å². The minimum absolute atomic E-state index is 0.0388. The van der Waals surface area contributed by atoms with Gasteiger partial charge in [0.25, 0.3) is 0 Å². The molecule has 2 aromatic rings. The van der Waals surface area contributed by atoms with Gasteiger partial charge in [-0.25, -0.2) is 13.8 Å². The number of anilines is 1. The zero-order valence-corrected chi connectivity index (χ0v) is 13.9. The number of fused-ring (bicyclic) bond motifs is 1. The summed E-state index contributed by atoms with van der Waals surface area (Å²) in [6, 6.07) is 0. The number of halogens is 2. The molecule has 138 valence electrons. The lowest BCUT2D eigenvalue weighted by Gasteiger charge is -2.26. The highest BCUT2D eigenvalue weighted by Crippen LogP contribution is 2.26. The van der Waals surface area contributed by atoms with Crippen LogP contribution in [0.15, 0.2) is 6.33 Å². The molecule has 11 heteroatoms. The molecule has 0 radical (unpaired) electrons. The van der Waals surface area contributed by atoms with Crippen LogP contribution in [0.1, 0.15) is 20.8 Å². The number of alkyl halides is 2. The first-order valence-corrected chi connectivity index (χ1v) is 7.51. The number of carbonyl (C=O) groups excluding carboxylic acids is 1. The molecule has 9 nitrogen and oxygen atoms in total. The van der Waals surface area contributed by atoms with Crippen molar-refractivity contribution in [2.45, 2.75) is 45.6 Å². The molecule has 1 unspecified atom stereocenters. The Bertz CT molecular complexity index is 737. The Balaban J connectivity index is 2.31. The molecule has 1 amide bonds. The summed E-state index contributed by atoms with van der Waals surface area (Å²) in [5, 5.41) is 11.5. The summed E-state index contributed by atoms with van der Waals surface area (Å²) in [4.78, 5) is 22.7. The van der Waals surface area contributed by atoms with Crippen LogP contribution in [0, 0.1) is 0 Å². The zero-order chi connectivity index (χ0) is 18.6. The van der Waals surface area contributed by atoms with Crippen molar-refractivity contribution in [3.8, 4) is 5.88 Å². The van der Waals surface area contributed by atoms with Gasteiger partial charge in [-0.05, 0) is 20.8 Å². The Morgan fingerprint density at radius 1 is 1.52 bits per heavy atom. The Labute approximate surface area is 142 Å². The third kappa shape index (κ3) is 4.17. The van der Waals surface area contributed by atoms with Crippen LogP contribution in [0.3, 0.4) is 0 Å². The number of amides is 1. The first-order valence-electron chi connectivity index (χ1n) is 7.51. The van der Waals surface area contributed by atoms with E-state index in [-0.39, 0.29) is 23.0 Å². The van der Waals surface area contributed by atoms with Crippen LogP contribution in [0.2, 0.25) is 0 Å². The topological polar surface area (TPSA) is 111 Å². The first-order chi connectivity index (χ1) is 11.8. The van der Waals surface area contributed by atoms with Crippen molar-refractivity contribution in [3.63, 3.8) is 0 Å². The number of ether oxygens (including phenoxy) is 2. The van der Waals surface area contributed by atoms with Gasteiger partial charge in [-0.2, -0.15) is 9.97 Å². The average molecular weight is 359 g/mol. The van der Waals surface area contributed by atoms with Gasteiger partial charge in [0.05, 0.1) is 19.0 Å². The van der Waals surface area contributed by atoms with E-state index >= 15 is 0 Å². The van der Waals surface area contributed by atoms with Gasteiger partial charge < -0.3 is 14.6 Å². The lowest BCUT2D eigenvalue weighted by Crippen LogP contribution is -2.41. The van der Waals surface area contributed by atoms with E-state index in [1.165, 1.54) is 10.9 Å². The van der Waals surface area contributed by atoms with Gasteiger partial charge in [0, 0.05) is 0 Å². The molecule has 0 saturated carbocycles. The highest BCUT2D eigenvalue weighted by Gasteiger charge is 2.39. The Morgan fingerprint density at radius 3 is 2.84 bits per heavy atom. The minimum atomic E-state index is -2.72. The molecule has 0 aliphatic heterocycles. The molecule has 25 heavy (non-hydrogen) atoms. The summed E-state index contributed by atoms with van der Waals surface area (Å²) in [6.45, 7) is 3.62. The van der Waals surface area contributed by atoms with Crippen LogP contribution in [0.5, 0.6) is 5.88 Å². The quantitative estimate of drug-likeness (QED) is 0.647. The zero-order valence-electron chi connectivity index (χ0n) is 13.9. The molecule has 3 atom stereocenters. The molecular weight excluding hydrogens is 340 g/mol. The van der Waals surface area contributed by atoms with Gasteiger partial charge >= 0.3 is 0 Å². The standard InChI is InChI=1S/C14H19F2N5O4/c1-4-24-12-9-11(19-13(20-12)18-6-22)21(5-17-9)7-25-14(3,16)10(15)8(2)23/h5-6,8,10,23H,4,7H2,1-3H3,(H,18,19,20,22)/t8?,10-,14+/m0/s1. The van der Waals surface area contributed by atoms with E-state index in [4.69, 9.17) is 9.47 Å². The second kappa shape index (κ2) is 7.66. The number of imidazole rings is 1. The number of nitrogens with zero attached hydrogens (tertiary/aromatic N) is 4. The van der Waals surface area contributed by atoms with E-state index in [1.54, 1.807) is 6.92 Å². The Morgan fingerprint density at radius 2 is 2.24 bits per heavy atom. The summed E-state index contributed by atoms with van der Waals surface area (Å²) in [5.74, 6) is -2.63. The number of hydrogen-bond acceptors (Lipinski definition) is 7. The lowest BCUT2D eigenvalue weighted by molar-refractivity contribution is -0.212. The van der Waals surface area contributed by atoms with Crippen LogP contribution in [-0.2, 0) is 16.3 Å². The summed E-state index contributed by atoms with van der Waals surface area (Å²) < 4.78 is 39.5. The summed E-state index contributed by atoms with van der Waals surface area (Å²) in [5.41, 5.74) is 0.473. The fourth-order valence-corrected chi connectivity index (χ4v) is 2.07. The molecule has 2 heterocycles. The monoisotopic (exact) mass is 359 g/mol. The van der Waals surface area contributed by atoms with E-state index < -0.39 is 24.9 Å². The summed E-state index contributed by atoms with van der Waals surface area (Å²) >= 11 is 0. The average Bonchev–Trinajstić information content (AvgIpc) is 2.96. The van der Waals surface area contributed by atoms with Crippen molar-refractivity contribution >= 4 is 23.5 Å². The molecule has 0 saturated heterocycles. The third-order valence-electron chi connectivity index (χ3n) is 3.30. The highest BCUT2D eigenvalue weighted by atomic mass is 19.2. The number of carbonyl (C=O) groups is 1. The van der Waals surface area contributed by atoms with E-state index in [2.05, 4.69) is 20.3 Å². The van der Waals surface area contributed by atoms with Crippen molar-refractivity contribution in [1.29, 1.82) is 0 Å². The third-order valence-corrected chi connectivity index (χ3v) is 3.30. The fourth-order valence-electron chi connectivity index (χ4n) is 2.07. The summed E-state index contributed by atoms with van der Waals surface area (Å²) in [6.07, 6.45) is -2.09. The maximum Gasteiger partial charge on any atom is 0.247 e. The predicted octanol–water partition coefficient (Wildman–Crippen LogP) is 1.17. The van der Waals surface area contributed by atoms with E-state index in [0.29, 0.717) is 13.0 Å². The molecule has 0 fully saturated rings. The first kappa shape index (κ1) is 18.9. The van der Waals surface area contributed by atoms with Crippen molar-refractivity contribution < 1.29 is 28.2 Å². The second-order valence-corrected chi connectivity index (χ2v) is 5.34. The lowest BCUT2D eigenvalue weighted by atomic mass is 10.1. The van der Waals surface area contributed by atoms with Crippen LogP contribution in [-0.4, -0.2) is 55.8 Å². The van der Waals surface area contributed by atoms with Gasteiger partial charge in [-0.1, -0.05) is 0 Å². The van der Waals surface area contributed by atoms with Crippen molar-refractivity contribution in [2.75, 3.05) is 11.9 Å². The van der Waals surface area contributed by atoms with Crippen LogP contribution in [0.4, 0.5) is 14.7 Å². The number of aliphatic hydroxyl groups is 1. The molecule has 2 aromatic heterocycles. The fraction of sp³-hybridized carbons (Fsp3) is 0.571. The number of aromatic nitrogens is 4. The van der Waals surface area contributed by atoms with E-state index in [0.717, 1.165) is 13.8 Å². The van der Waals surface area contributed by atoms with Crippen molar-refractivity contribution in [2.24, 2.45) is 0 Å². The number of hydrogen-bond donors (Lipinski definition) is 2. The van der Waals surface area contributed by atoms with Gasteiger partial charge in [-0.15, -0.1) is 0 Å². The molecular formula is C14H19F2N5O4. The Hall–Kier alpha value is -2.40. The van der Waals surface area contributed by atoms with Gasteiger partial charge in [-0.3, -0.25) is 14.7 Å². The second-order valence-electron chi connectivity index (χ2n) is 5.34. The predicted molar refractivity (Wildman–Crippen MR) is 83.4 cm³/mol. The molecule has 0 spiro atoms. The van der Waals surface area contributed by atoms with Crippen molar-refractivity contribution in [1.82, 2.24) is 19.5 Å². The molecule has 0 aliphatic rings. The summed E-state index contributed by atoms with van der Waals surface area (Å²) in [7, 11) is 0. The number of aliphatic hydroxyl groups excluding tert-OH is 1. The van der Waals surface area contributed by atoms with Crippen LogP contribution in [0.25, 0.3) is 11.2 Å². The molecule has 0 aliphatic carbocycles. The van der Waals surface area contributed by atoms with E-state index in [1.807, 2.05) is 0 Å². The molecule has 2 rings (SSSR count). The highest BCUT2D eigenvalue weighted by molar-refractivity contribution is 5.79.